The molecule has 2 aliphatic rings. The quantitative estimate of drug-likeness (QED) is 0.764. The molecular weight excluding hydrogens is 336 g/mol. The summed E-state index contributed by atoms with van der Waals surface area (Å²) >= 11 is 6.99. The van der Waals surface area contributed by atoms with E-state index >= 15 is 0 Å². The number of benzene rings is 1. The molecule has 2 aliphatic heterocycles. The fourth-order valence-corrected chi connectivity index (χ4v) is 4.69. The summed E-state index contributed by atoms with van der Waals surface area (Å²) in [5.74, 6) is 1.45. The van der Waals surface area contributed by atoms with Crippen molar-refractivity contribution in [3.05, 3.63) is 35.9 Å². The standard InChI is InChI=1S/C19H26N2OS2/c22-18(15-24-19(23)21-10-4-5-11-21)20-12-8-17(9-13-20)14-16-6-2-1-3-7-16/h1-3,6-7,17H,4-5,8-15H2. The van der Waals surface area contributed by atoms with Crippen molar-refractivity contribution in [2.24, 2.45) is 5.92 Å². The monoisotopic (exact) mass is 362 g/mol. The summed E-state index contributed by atoms with van der Waals surface area (Å²) in [6, 6.07) is 10.7. The number of carbonyl (C=O) groups excluding carboxylic acids is 1. The minimum Gasteiger partial charge on any atom is -0.358 e. The third-order valence-corrected chi connectivity index (χ3v) is 6.53. The second kappa shape index (κ2) is 8.86. The van der Waals surface area contributed by atoms with E-state index in [4.69, 9.17) is 12.2 Å². The molecular formula is C19H26N2OS2. The zero-order valence-electron chi connectivity index (χ0n) is 14.2. The van der Waals surface area contributed by atoms with Crippen LogP contribution in [0.3, 0.4) is 0 Å². The molecule has 0 bridgehead atoms. The first kappa shape index (κ1) is 17.7. The number of amides is 1. The Morgan fingerprint density at radius 3 is 2.38 bits per heavy atom. The fourth-order valence-electron chi connectivity index (χ4n) is 3.54. The average molecular weight is 363 g/mol. The highest BCUT2D eigenvalue weighted by Gasteiger charge is 2.24. The molecule has 0 saturated carbocycles. The van der Waals surface area contributed by atoms with Crippen LogP contribution in [-0.4, -0.2) is 52.0 Å². The third kappa shape index (κ3) is 4.96. The minimum atomic E-state index is 0.250. The molecule has 5 heteroatoms. The number of rotatable bonds is 4. The van der Waals surface area contributed by atoms with Gasteiger partial charge in [-0.15, -0.1) is 0 Å². The van der Waals surface area contributed by atoms with Gasteiger partial charge in [-0.2, -0.15) is 0 Å². The molecule has 2 saturated heterocycles. The number of thiocarbonyl (C=S) groups is 1. The first-order chi connectivity index (χ1) is 11.7. The Morgan fingerprint density at radius 1 is 1.04 bits per heavy atom. The van der Waals surface area contributed by atoms with Crippen LogP contribution in [0.15, 0.2) is 30.3 Å². The van der Waals surface area contributed by atoms with Gasteiger partial charge in [0, 0.05) is 26.2 Å². The van der Waals surface area contributed by atoms with Crippen LogP contribution in [0.4, 0.5) is 0 Å². The van der Waals surface area contributed by atoms with E-state index < -0.39 is 0 Å². The van der Waals surface area contributed by atoms with Crippen molar-refractivity contribution < 1.29 is 4.79 Å². The molecule has 0 N–H and O–H groups in total. The van der Waals surface area contributed by atoms with E-state index in [1.54, 1.807) is 11.8 Å². The second-order valence-corrected chi connectivity index (χ2v) is 8.37. The SMILES string of the molecule is O=C(CSC(=S)N1CCCC1)N1CCC(Cc2ccccc2)CC1. The van der Waals surface area contributed by atoms with Crippen molar-refractivity contribution in [2.45, 2.75) is 32.1 Å². The molecule has 130 valence electrons. The Hall–Kier alpha value is -1.07. The second-order valence-electron chi connectivity index (χ2n) is 6.76. The van der Waals surface area contributed by atoms with Gasteiger partial charge in [0.2, 0.25) is 5.91 Å². The zero-order valence-corrected chi connectivity index (χ0v) is 15.8. The van der Waals surface area contributed by atoms with Gasteiger partial charge in [-0.1, -0.05) is 54.3 Å². The van der Waals surface area contributed by atoms with Crippen LogP contribution in [0, 0.1) is 5.92 Å². The molecule has 24 heavy (non-hydrogen) atoms. The van der Waals surface area contributed by atoms with Gasteiger partial charge in [-0.25, -0.2) is 0 Å². The van der Waals surface area contributed by atoms with Crippen LogP contribution in [0.1, 0.15) is 31.2 Å². The highest BCUT2D eigenvalue weighted by Crippen LogP contribution is 2.23. The van der Waals surface area contributed by atoms with Crippen LogP contribution >= 0.6 is 24.0 Å². The molecule has 3 nitrogen and oxygen atoms in total. The maximum atomic E-state index is 12.4. The van der Waals surface area contributed by atoms with Crippen LogP contribution in [-0.2, 0) is 11.2 Å². The summed E-state index contributed by atoms with van der Waals surface area (Å²) in [6.45, 7) is 3.91. The maximum absolute atomic E-state index is 12.4. The zero-order chi connectivity index (χ0) is 16.8. The Balaban J connectivity index is 1.38. The third-order valence-electron chi connectivity index (χ3n) is 5.02. The largest absolute Gasteiger partial charge is 0.358 e. The first-order valence-corrected chi connectivity index (χ1v) is 10.3. The van der Waals surface area contributed by atoms with Gasteiger partial charge >= 0.3 is 0 Å². The number of likely N-dealkylation sites (tertiary alicyclic amines) is 2. The van der Waals surface area contributed by atoms with Crippen LogP contribution in [0.25, 0.3) is 0 Å². The van der Waals surface area contributed by atoms with E-state index in [0.29, 0.717) is 11.7 Å². The molecule has 1 aromatic rings. The molecule has 0 aromatic heterocycles. The van der Waals surface area contributed by atoms with E-state index in [0.717, 1.165) is 49.8 Å². The lowest BCUT2D eigenvalue weighted by Crippen LogP contribution is -2.40. The maximum Gasteiger partial charge on any atom is 0.233 e. The average Bonchev–Trinajstić information content (AvgIpc) is 3.16. The minimum absolute atomic E-state index is 0.250. The lowest BCUT2D eigenvalue weighted by Gasteiger charge is -2.32. The van der Waals surface area contributed by atoms with Gasteiger partial charge in [0.05, 0.1) is 5.75 Å². The lowest BCUT2D eigenvalue weighted by molar-refractivity contribution is -0.129. The summed E-state index contributed by atoms with van der Waals surface area (Å²) in [6.07, 6.45) is 5.81. The van der Waals surface area contributed by atoms with Gasteiger partial charge in [0.25, 0.3) is 0 Å². The molecule has 0 unspecified atom stereocenters. The van der Waals surface area contributed by atoms with E-state index in [9.17, 15) is 4.79 Å². The van der Waals surface area contributed by atoms with Crippen molar-refractivity contribution in [3.63, 3.8) is 0 Å². The fraction of sp³-hybridized carbons (Fsp3) is 0.579. The van der Waals surface area contributed by atoms with Crippen LogP contribution in [0.2, 0.25) is 0 Å². The van der Waals surface area contributed by atoms with Crippen molar-refractivity contribution in [2.75, 3.05) is 31.9 Å². The van der Waals surface area contributed by atoms with Crippen molar-refractivity contribution in [1.29, 1.82) is 0 Å². The highest BCUT2D eigenvalue weighted by atomic mass is 32.2. The summed E-state index contributed by atoms with van der Waals surface area (Å²) in [5.41, 5.74) is 1.41. The number of hydrogen-bond donors (Lipinski definition) is 0. The molecule has 0 aliphatic carbocycles. The van der Waals surface area contributed by atoms with Crippen molar-refractivity contribution in [3.8, 4) is 0 Å². The number of piperidine rings is 1. The molecule has 2 fully saturated rings. The predicted molar refractivity (Wildman–Crippen MR) is 105 cm³/mol. The van der Waals surface area contributed by atoms with E-state index in [2.05, 4.69) is 35.2 Å². The number of thioether (sulfide) groups is 1. The van der Waals surface area contributed by atoms with E-state index in [-0.39, 0.29) is 5.91 Å². The summed E-state index contributed by atoms with van der Waals surface area (Å²) in [7, 11) is 0. The van der Waals surface area contributed by atoms with Crippen LogP contribution < -0.4 is 0 Å². The lowest BCUT2D eigenvalue weighted by atomic mass is 9.90. The summed E-state index contributed by atoms with van der Waals surface area (Å²) < 4.78 is 0.903. The van der Waals surface area contributed by atoms with E-state index in [1.165, 1.54) is 18.4 Å². The topological polar surface area (TPSA) is 23.6 Å². The first-order valence-electron chi connectivity index (χ1n) is 8.96. The van der Waals surface area contributed by atoms with Crippen molar-refractivity contribution in [1.82, 2.24) is 9.80 Å². The molecule has 1 aromatic carbocycles. The predicted octanol–water partition coefficient (Wildman–Crippen LogP) is 3.58. The molecule has 2 heterocycles. The van der Waals surface area contributed by atoms with Gasteiger partial charge in [0.15, 0.2) is 0 Å². The van der Waals surface area contributed by atoms with E-state index in [1.807, 2.05) is 4.90 Å². The normalized spacial score (nSPS) is 18.8. The number of hydrogen-bond acceptors (Lipinski definition) is 3. The number of carbonyl (C=O) groups is 1. The molecule has 0 radical (unpaired) electrons. The van der Waals surface area contributed by atoms with Gasteiger partial charge < -0.3 is 9.80 Å². The Labute approximate surface area is 154 Å². The Kier molecular flexibility index (Phi) is 6.55. The molecule has 0 spiro atoms. The Morgan fingerprint density at radius 2 is 1.71 bits per heavy atom. The highest BCUT2D eigenvalue weighted by molar-refractivity contribution is 8.23. The summed E-state index contributed by atoms with van der Waals surface area (Å²) in [5, 5.41) is 0. The smallest absolute Gasteiger partial charge is 0.233 e. The molecule has 3 rings (SSSR count). The summed E-state index contributed by atoms with van der Waals surface area (Å²) in [4.78, 5) is 16.7. The number of nitrogens with zero attached hydrogens (tertiary/aromatic N) is 2. The van der Waals surface area contributed by atoms with Gasteiger partial charge in [-0.05, 0) is 43.6 Å². The van der Waals surface area contributed by atoms with Crippen molar-refractivity contribution >= 4 is 34.2 Å². The Bertz CT molecular complexity index is 550. The molecule has 0 atom stereocenters. The van der Waals surface area contributed by atoms with Gasteiger partial charge in [-0.3, -0.25) is 4.79 Å². The van der Waals surface area contributed by atoms with Crippen LogP contribution in [0.5, 0.6) is 0 Å². The molecule has 1 amide bonds. The van der Waals surface area contributed by atoms with Gasteiger partial charge in [0.1, 0.15) is 4.32 Å².